The number of hydrogen-bond acceptors (Lipinski definition) is 2. The van der Waals surface area contributed by atoms with E-state index in [4.69, 9.17) is 0 Å². The Morgan fingerprint density at radius 3 is 1.58 bits per heavy atom. The van der Waals surface area contributed by atoms with Gasteiger partial charge >= 0.3 is 0 Å². The highest BCUT2D eigenvalue weighted by atomic mass is 16.3. The molecule has 19 heavy (non-hydrogen) atoms. The molecule has 0 aliphatic rings. The second-order valence-corrected chi connectivity index (χ2v) is 4.96. The number of carbonyl (C=O) groups excluding carboxylic acids is 1. The summed E-state index contributed by atoms with van der Waals surface area (Å²) in [6.07, 6.45) is 0. The van der Waals surface area contributed by atoms with Gasteiger partial charge in [0.25, 0.3) is 0 Å². The van der Waals surface area contributed by atoms with E-state index in [2.05, 4.69) is 0 Å². The summed E-state index contributed by atoms with van der Waals surface area (Å²) in [4.78, 5) is 12.5. The van der Waals surface area contributed by atoms with Crippen molar-refractivity contribution in [3.63, 3.8) is 0 Å². The maximum Gasteiger partial charge on any atom is 0.176 e. The molecule has 2 aromatic rings. The minimum atomic E-state index is -1.57. The molecule has 0 aromatic heterocycles. The van der Waals surface area contributed by atoms with Crippen LogP contribution in [0.5, 0.6) is 0 Å². The molecule has 2 rings (SSSR count). The monoisotopic (exact) mass is 254 g/mol. The van der Waals surface area contributed by atoms with Crippen molar-refractivity contribution in [1.29, 1.82) is 0 Å². The fraction of sp³-hybridized carbons (Fsp3) is 0.235. The topological polar surface area (TPSA) is 37.3 Å². The molecule has 0 radical (unpaired) electrons. The number of rotatable bonds is 4. The number of Topliss-reactive ketones (excluding diaryl/α,β-unsaturated/α-hetero) is 1. The number of hydrogen-bond donors (Lipinski definition) is 1. The molecule has 0 atom stereocenters. The van der Waals surface area contributed by atoms with Gasteiger partial charge in [-0.05, 0) is 11.1 Å². The molecule has 0 aliphatic heterocycles. The maximum absolute atomic E-state index is 12.5. The number of carbonyl (C=O) groups is 1. The summed E-state index contributed by atoms with van der Waals surface area (Å²) < 4.78 is 0. The molecule has 0 amide bonds. The molecule has 2 heteroatoms. The van der Waals surface area contributed by atoms with Crippen LogP contribution in [0.2, 0.25) is 0 Å². The summed E-state index contributed by atoms with van der Waals surface area (Å²) in [5.74, 6) is -0.435. The van der Waals surface area contributed by atoms with Crippen molar-refractivity contribution in [1.82, 2.24) is 0 Å². The van der Waals surface area contributed by atoms with Crippen molar-refractivity contribution < 1.29 is 9.90 Å². The van der Waals surface area contributed by atoms with Gasteiger partial charge < -0.3 is 5.11 Å². The van der Waals surface area contributed by atoms with Crippen molar-refractivity contribution >= 4 is 5.78 Å². The maximum atomic E-state index is 12.5. The fourth-order valence-electron chi connectivity index (χ4n) is 2.23. The first-order chi connectivity index (χ1) is 9.06. The van der Waals surface area contributed by atoms with E-state index in [0.717, 1.165) is 0 Å². The van der Waals surface area contributed by atoms with E-state index in [0.29, 0.717) is 11.1 Å². The van der Waals surface area contributed by atoms with Gasteiger partial charge in [-0.1, -0.05) is 74.5 Å². The van der Waals surface area contributed by atoms with Crippen LogP contribution in [0.3, 0.4) is 0 Å². The Morgan fingerprint density at radius 1 is 0.895 bits per heavy atom. The van der Waals surface area contributed by atoms with Crippen LogP contribution in [-0.2, 0) is 10.4 Å². The Labute approximate surface area is 113 Å². The summed E-state index contributed by atoms with van der Waals surface area (Å²) in [5.41, 5.74) is -0.351. The highest BCUT2D eigenvalue weighted by Crippen LogP contribution is 2.32. The van der Waals surface area contributed by atoms with E-state index >= 15 is 0 Å². The van der Waals surface area contributed by atoms with Crippen molar-refractivity contribution in [3.05, 3.63) is 71.8 Å². The lowest BCUT2D eigenvalue weighted by molar-refractivity contribution is -0.137. The van der Waals surface area contributed by atoms with Gasteiger partial charge in [0.05, 0.1) is 0 Å². The standard InChI is InChI=1S/C17H18O2/c1-13(2)16(18)17(19,14-9-5-3-6-10-14)15-11-7-4-8-12-15/h3-13,19H,1-2H3. The van der Waals surface area contributed by atoms with Crippen LogP contribution in [-0.4, -0.2) is 10.9 Å². The molecule has 0 aliphatic carbocycles. The molecule has 0 saturated heterocycles. The van der Waals surface area contributed by atoms with Gasteiger partial charge in [-0.15, -0.1) is 0 Å². The first-order valence-electron chi connectivity index (χ1n) is 6.44. The molecule has 2 aromatic carbocycles. The quantitative estimate of drug-likeness (QED) is 0.910. The van der Waals surface area contributed by atoms with Crippen LogP contribution in [0.25, 0.3) is 0 Å². The predicted molar refractivity (Wildman–Crippen MR) is 75.7 cm³/mol. The highest BCUT2D eigenvalue weighted by Gasteiger charge is 2.40. The van der Waals surface area contributed by atoms with Gasteiger partial charge in [0.15, 0.2) is 11.4 Å². The average molecular weight is 254 g/mol. The minimum absolute atomic E-state index is 0.190. The minimum Gasteiger partial charge on any atom is -0.373 e. The first-order valence-corrected chi connectivity index (χ1v) is 6.44. The molecule has 2 nitrogen and oxygen atoms in total. The molecule has 0 spiro atoms. The molecule has 0 unspecified atom stereocenters. The smallest absolute Gasteiger partial charge is 0.176 e. The van der Waals surface area contributed by atoms with Crippen LogP contribution in [0.1, 0.15) is 25.0 Å². The average Bonchev–Trinajstić information content (AvgIpc) is 2.47. The van der Waals surface area contributed by atoms with E-state index in [9.17, 15) is 9.90 Å². The summed E-state index contributed by atoms with van der Waals surface area (Å²) in [7, 11) is 0. The second-order valence-electron chi connectivity index (χ2n) is 4.96. The van der Waals surface area contributed by atoms with Crippen molar-refractivity contribution in [2.75, 3.05) is 0 Å². The zero-order valence-corrected chi connectivity index (χ0v) is 11.2. The van der Waals surface area contributed by atoms with E-state index in [1.54, 1.807) is 38.1 Å². The van der Waals surface area contributed by atoms with Crippen LogP contribution < -0.4 is 0 Å². The second kappa shape index (κ2) is 5.37. The Hall–Kier alpha value is -1.93. The van der Waals surface area contributed by atoms with E-state index < -0.39 is 5.60 Å². The molecule has 0 heterocycles. The third-order valence-electron chi connectivity index (χ3n) is 3.26. The molecule has 0 fully saturated rings. The van der Waals surface area contributed by atoms with E-state index in [1.165, 1.54) is 0 Å². The van der Waals surface area contributed by atoms with Crippen molar-refractivity contribution in [2.45, 2.75) is 19.4 Å². The summed E-state index contributed by atoms with van der Waals surface area (Å²) in [6.45, 7) is 3.61. The van der Waals surface area contributed by atoms with Crippen LogP contribution in [0, 0.1) is 5.92 Å². The Kier molecular flexibility index (Phi) is 3.82. The summed E-state index contributed by atoms with van der Waals surface area (Å²) in [5, 5.41) is 11.0. The lowest BCUT2D eigenvalue weighted by atomic mass is 9.79. The summed E-state index contributed by atoms with van der Waals surface area (Å²) in [6, 6.07) is 18.2. The third kappa shape index (κ3) is 2.45. The zero-order valence-electron chi connectivity index (χ0n) is 11.2. The van der Waals surface area contributed by atoms with Crippen LogP contribution in [0.15, 0.2) is 60.7 Å². The van der Waals surface area contributed by atoms with Crippen molar-refractivity contribution in [3.8, 4) is 0 Å². The van der Waals surface area contributed by atoms with Gasteiger partial charge in [0.1, 0.15) is 0 Å². The van der Waals surface area contributed by atoms with Gasteiger partial charge in [-0.25, -0.2) is 0 Å². The number of benzene rings is 2. The van der Waals surface area contributed by atoms with Gasteiger partial charge in [0.2, 0.25) is 0 Å². The first kappa shape index (κ1) is 13.5. The zero-order chi connectivity index (χ0) is 13.9. The van der Waals surface area contributed by atoms with Gasteiger partial charge in [-0.2, -0.15) is 0 Å². The Balaban J connectivity index is 2.61. The van der Waals surface area contributed by atoms with Gasteiger partial charge in [-0.3, -0.25) is 4.79 Å². The molecule has 0 saturated carbocycles. The Morgan fingerprint density at radius 2 is 1.26 bits per heavy atom. The molecular formula is C17H18O2. The Bertz CT molecular complexity index is 504. The van der Waals surface area contributed by atoms with Crippen LogP contribution >= 0.6 is 0 Å². The predicted octanol–water partition coefficient (Wildman–Crippen LogP) is 3.15. The molecular weight excluding hydrogens is 236 g/mol. The third-order valence-corrected chi connectivity index (χ3v) is 3.26. The largest absolute Gasteiger partial charge is 0.373 e. The fourth-order valence-corrected chi connectivity index (χ4v) is 2.23. The number of aliphatic hydroxyl groups is 1. The van der Waals surface area contributed by atoms with Crippen LogP contribution in [0.4, 0.5) is 0 Å². The molecule has 98 valence electrons. The van der Waals surface area contributed by atoms with E-state index in [1.807, 2.05) is 36.4 Å². The van der Waals surface area contributed by atoms with Gasteiger partial charge in [0, 0.05) is 5.92 Å². The lowest BCUT2D eigenvalue weighted by Crippen LogP contribution is -2.39. The lowest BCUT2D eigenvalue weighted by Gasteiger charge is -2.29. The SMILES string of the molecule is CC(C)C(=O)C(O)(c1ccccc1)c1ccccc1. The molecule has 0 bridgehead atoms. The highest BCUT2D eigenvalue weighted by molar-refractivity contribution is 5.93. The molecule has 1 N–H and O–H groups in total. The number of ketones is 1. The summed E-state index contributed by atoms with van der Waals surface area (Å²) >= 11 is 0. The normalized spacial score (nSPS) is 11.6. The van der Waals surface area contributed by atoms with E-state index in [-0.39, 0.29) is 11.7 Å². The van der Waals surface area contributed by atoms with Crippen molar-refractivity contribution in [2.24, 2.45) is 5.92 Å².